The summed E-state index contributed by atoms with van der Waals surface area (Å²) in [6, 6.07) is 13.9. The third kappa shape index (κ3) is 1.62. The third-order valence-corrected chi connectivity index (χ3v) is 2.59. The second-order valence-electron chi connectivity index (χ2n) is 3.79. The Kier molecular flexibility index (Phi) is 2.30. The van der Waals surface area contributed by atoms with E-state index in [-0.39, 0.29) is 0 Å². The Bertz CT molecular complexity index is 718. The van der Waals surface area contributed by atoms with Crippen LogP contribution < -0.4 is 5.73 Å². The molecule has 1 aromatic carbocycles. The predicted octanol–water partition coefficient (Wildman–Crippen LogP) is 1.30. The average molecular weight is 237 g/mol. The molecule has 87 valence electrons. The Morgan fingerprint density at radius 3 is 2.78 bits per heavy atom. The van der Waals surface area contributed by atoms with E-state index >= 15 is 0 Å². The Morgan fingerprint density at radius 2 is 2.06 bits per heavy atom. The summed E-state index contributed by atoms with van der Waals surface area (Å²) in [5, 5.41) is 4.29. The molecule has 0 aliphatic carbocycles. The van der Waals surface area contributed by atoms with Crippen molar-refractivity contribution in [3.8, 4) is 11.4 Å². The summed E-state index contributed by atoms with van der Waals surface area (Å²) in [7, 11) is 0. The van der Waals surface area contributed by atoms with E-state index in [1.165, 1.54) is 10.6 Å². The molecule has 5 heteroatoms. The van der Waals surface area contributed by atoms with Crippen LogP contribution in [0, 0.1) is 6.07 Å². The van der Waals surface area contributed by atoms with Gasteiger partial charge in [-0.05, 0) is 6.07 Å². The van der Waals surface area contributed by atoms with Crippen molar-refractivity contribution in [2.24, 2.45) is 5.73 Å². The summed E-state index contributed by atoms with van der Waals surface area (Å²) < 4.78 is 1.50. The van der Waals surface area contributed by atoms with Gasteiger partial charge < -0.3 is 5.73 Å². The first-order chi connectivity index (χ1) is 8.75. The van der Waals surface area contributed by atoms with Crippen LogP contribution in [0.4, 0.5) is 0 Å². The molecule has 5 nitrogen and oxygen atoms in total. The minimum atomic E-state index is -0.538. The number of nitrogens with two attached hydrogens (primary N) is 1. The second kappa shape index (κ2) is 3.96. The van der Waals surface area contributed by atoms with Crippen LogP contribution in [0.15, 0.2) is 42.6 Å². The molecule has 0 unspecified atom stereocenters. The summed E-state index contributed by atoms with van der Waals surface area (Å²) in [6.45, 7) is 0. The van der Waals surface area contributed by atoms with E-state index in [1.807, 2.05) is 30.3 Å². The quantitative estimate of drug-likeness (QED) is 0.730. The van der Waals surface area contributed by atoms with Crippen LogP contribution in [-0.4, -0.2) is 20.5 Å². The fourth-order valence-corrected chi connectivity index (χ4v) is 1.74. The molecule has 18 heavy (non-hydrogen) atoms. The molecule has 1 radical (unpaired) electrons. The molecule has 0 saturated carbocycles. The van der Waals surface area contributed by atoms with Gasteiger partial charge in [0.2, 0.25) is 0 Å². The molecule has 0 aliphatic rings. The molecule has 0 atom stereocenters. The summed E-state index contributed by atoms with van der Waals surface area (Å²) >= 11 is 0. The highest BCUT2D eigenvalue weighted by Crippen LogP contribution is 2.17. The predicted molar refractivity (Wildman–Crippen MR) is 65.8 cm³/mol. The van der Waals surface area contributed by atoms with Crippen LogP contribution in [0.1, 0.15) is 10.4 Å². The van der Waals surface area contributed by atoms with Gasteiger partial charge in [0.1, 0.15) is 0 Å². The molecule has 0 bridgehead atoms. The summed E-state index contributed by atoms with van der Waals surface area (Å²) in [5.41, 5.74) is 6.93. The number of hydrogen-bond donors (Lipinski definition) is 1. The first kappa shape index (κ1) is 10.5. The van der Waals surface area contributed by atoms with Gasteiger partial charge in [0.25, 0.3) is 5.91 Å². The molecular formula is C13H9N4O. The number of benzene rings is 1. The maximum Gasteiger partial charge on any atom is 0.252 e. The second-order valence-corrected chi connectivity index (χ2v) is 3.79. The SMILES string of the molecule is NC(=O)c1c[c]cn2nc(-c3ccccc3)nc12. The Hall–Kier alpha value is -2.69. The Morgan fingerprint density at radius 1 is 1.28 bits per heavy atom. The number of amides is 1. The molecule has 0 spiro atoms. The molecule has 2 N–H and O–H groups in total. The molecule has 0 fully saturated rings. The van der Waals surface area contributed by atoms with E-state index in [0.29, 0.717) is 17.0 Å². The van der Waals surface area contributed by atoms with Crippen molar-refractivity contribution < 1.29 is 4.79 Å². The van der Waals surface area contributed by atoms with Crippen molar-refractivity contribution >= 4 is 11.6 Å². The highest BCUT2D eigenvalue weighted by Gasteiger charge is 2.12. The number of pyridine rings is 1. The van der Waals surface area contributed by atoms with Crippen molar-refractivity contribution in [1.82, 2.24) is 14.6 Å². The molecular weight excluding hydrogens is 228 g/mol. The molecule has 0 saturated heterocycles. The molecule has 1 amide bonds. The zero-order valence-electron chi connectivity index (χ0n) is 9.37. The third-order valence-electron chi connectivity index (χ3n) is 2.59. The summed E-state index contributed by atoms with van der Waals surface area (Å²) in [5.74, 6) is 0.0153. The number of carbonyl (C=O) groups excluding carboxylic acids is 1. The van der Waals surface area contributed by atoms with Gasteiger partial charge in [-0.3, -0.25) is 4.79 Å². The van der Waals surface area contributed by atoms with E-state index in [4.69, 9.17) is 5.73 Å². The van der Waals surface area contributed by atoms with Crippen molar-refractivity contribution in [2.45, 2.75) is 0 Å². The van der Waals surface area contributed by atoms with Gasteiger partial charge in [-0.25, -0.2) is 9.50 Å². The lowest BCUT2D eigenvalue weighted by Crippen LogP contribution is -2.12. The lowest BCUT2D eigenvalue weighted by Gasteiger charge is -1.95. The molecule has 3 rings (SSSR count). The topological polar surface area (TPSA) is 73.3 Å². The minimum absolute atomic E-state index is 0.312. The van der Waals surface area contributed by atoms with Crippen LogP contribution in [0.5, 0.6) is 0 Å². The molecule has 2 aromatic heterocycles. The van der Waals surface area contributed by atoms with Crippen molar-refractivity contribution in [3.05, 3.63) is 54.2 Å². The van der Waals surface area contributed by atoms with Gasteiger partial charge in [0.15, 0.2) is 11.5 Å². The molecule has 3 aromatic rings. The van der Waals surface area contributed by atoms with E-state index < -0.39 is 5.91 Å². The van der Waals surface area contributed by atoms with Gasteiger partial charge in [-0.15, -0.1) is 5.10 Å². The van der Waals surface area contributed by atoms with Gasteiger partial charge in [-0.1, -0.05) is 30.3 Å². The Balaban J connectivity index is 2.23. The Labute approximate surface area is 103 Å². The normalized spacial score (nSPS) is 10.7. The summed E-state index contributed by atoms with van der Waals surface area (Å²) in [6.07, 6.45) is 1.61. The number of primary amides is 1. The number of hydrogen-bond acceptors (Lipinski definition) is 3. The number of nitrogens with zero attached hydrogens (tertiary/aromatic N) is 3. The maximum absolute atomic E-state index is 11.3. The van der Waals surface area contributed by atoms with Crippen LogP contribution >= 0.6 is 0 Å². The van der Waals surface area contributed by atoms with Crippen molar-refractivity contribution in [2.75, 3.05) is 0 Å². The maximum atomic E-state index is 11.3. The number of carbonyl (C=O) groups is 1. The fourth-order valence-electron chi connectivity index (χ4n) is 1.74. The van der Waals surface area contributed by atoms with Crippen LogP contribution in [-0.2, 0) is 0 Å². The number of rotatable bonds is 2. The first-order valence-corrected chi connectivity index (χ1v) is 5.37. The van der Waals surface area contributed by atoms with Crippen LogP contribution in [0.2, 0.25) is 0 Å². The average Bonchev–Trinajstić information content (AvgIpc) is 2.83. The van der Waals surface area contributed by atoms with Gasteiger partial charge in [0, 0.05) is 17.8 Å². The van der Waals surface area contributed by atoms with Gasteiger partial charge >= 0.3 is 0 Å². The van der Waals surface area contributed by atoms with Crippen LogP contribution in [0.3, 0.4) is 0 Å². The molecule has 2 heterocycles. The van der Waals surface area contributed by atoms with Gasteiger partial charge in [0.05, 0.1) is 5.56 Å². The standard InChI is InChI=1S/C13H9N4O/c14-11(18)10-7-4-8-17-13(10)15-12(16-17)9-5-2-1-3-6-9/h1-3,5-8H,(H2,14,18). The van der Waals surface area contributed by atoms with Crippen molar-refractivity contribution in [3.63, 3.8) is 0 Å². The molecule has 0 aliphatic heterocycles. The zero-order chi connectivity index (χ0) is 12.5. The smallest absolute Gasteiger partial charge is 0.252 e. The van der Waals surface area contributed by atoms with E-state index in [2.05, 4.69) is 16.1 Å². The minimum Gasteiger partial charge on any atom is -0.365 e. The van der Waals surface area contributed by atoms with Crippen LogP contribution in [0.25, 0.3) is 17.0 Å². The monoisotopic (exact) mass is 237 g/mol. The highest BCUT2D eigenvalue weighted by atomic mass is 16.1. The lowest BCUT2D eigenvalue weighted by molar-refractivity contribution is 0.100. The van der Waals surface area contributed by atoms with E-state index in [9.17, 15) is 4.79 Å². The van der Waals surface area contributed by atoms with Gasteiger partial charge in [-0.2, -0.15) is 0 Å². The van der Waals surface area contributed by atoms with E-state index in [0.717, 1.165) is 5.56 Å². The number of aromatic nitrogens is 3. The largest absolute Gasteiger partial charge is 0.365 e. The zero-order valence-corrected chi connectivity index (χ0v) is 9.37. The number of fused-ring (bicyclic) bond motifs is 1. The summed E-state index contributed by atoms with van der Waals surface area (Å²) in [4.78, 5) is 15.6. The highest BCUT2D eigenvalue weighted by molar-refractivity contribution is 5.98. The first-order valence-electron chi connectivity index (χ1n) is 5.37. The fraction of sp³-hybridized carbons (Fsp3) is 0. The van der Waals surface area contributed by atoms with Crippen molar-refractivity contribution in [1.29, 1.82) is 0 Å². The lowest BCUT2D eigenvalue weighted by atomic mass is 10.2. The van der Waals surface area contributed by atoms with E-state index in [1.54, 1.807) is 6.20 Å².